The molecule has 0 bridgehead atoms. The molecular weight excluding hydrogens is 468 g/mol. The zero-order chi connectivity index (χ0) is 22.6. The van der Waals surface area contributed by atoms with Crippen molar-refractivity contribution in [2.75, 3.05) is 23.1 Å². The second-order valence-corrected chi connectivity index (χ2v) is 10.6. The Kier molecular flexibility index (Phi) is 7.10. The highest BCUT2D eigenvalue weighted by Gasteiger charge is 2.25. The molecule has 2 N–H and O–H groups in total. The summed E-state index contributed by atoms with van der Waals surface area (Å²) in [5.74, 6) is -0.0980. The summed E-state index contributed by atoms with van der Waals surface area (Å²) in [6.07, 6.45) is 3.09. The Labute approximate surface area is 196 Å². The third-order valence-electron chi connectivity index (χ3n) is 5.36. The minimum Gasteiger partial charge on any atom is -0.326 e. The predicted octanol–water partition coefficient (Wildman–Crippen LogP) is 4.45. The first kappa shape index (κ1) is 22.7. The van der Waals surface area contributed by atoms with Crippen molar-refractivity contribution in [3.63, 3.8) is 0 Å². The quantitative estimate of drug-likeness (QED) is 0.510. The first-order valence-electron chi connectivity index (χ1n) is 10.2. The number of piperidine rings is 1. The van der Waals surface area contributed by atoms with Crippen LogP contribution in [0.3, 0.4) is 0 Å². The van der Waals surface area contributed by atoms with E-state index >= 15 is 0 Å². The predicted molar refractivity (Wildman–Crippen MR) is 127 cm³/mol. The van der Waals surface area contributed by atoms with Crippen molar-refractivity contribution >= 4 is 49.7 Å². The Morgan fingerprint density at radius 3 is 2.41 bits per heavy atom. The molecule has 1 amide bonds. The van der Waals surface area contributed by atoms with E-state index in [1.807, 2.05) is 24.3 Å². The molecule has 168 valence electrons. The minimum atomic E-state index is -3.71. The van der Waals surface area contributed by atoms with E-state index in [4.69, 9.17) is 11.6 Å². The van der Waals surface area contributed by atoms with Crippen LogP contribution in [0.4, 0.5) is 10.8 Å². The largest absolute Gasteiger partial charge is 0.326 e. The standard InChI is InChI=1S/C22H23ClN4O3S2/c23-18-3-1-16(2-4-18)15-27-12-9-17(10-13-27)21(28)25-19-5-7-20(8-6-19)32(29,30)26-22-24-11-14-31-22/h1-8,11,14,17H,9-10,12-13,15H2,(H,24,26)(H,25,28). The zero-order valence-corrected chi connectivity index (χ0v) is 19.6. The number of hydrogen-bond donors (Lipinski definition) is 2. The Hall–Kier alpha value is -2.46. The SMILES string of the molecule is O=C(Nc1ccc(S(=O)(=O)Nc2nccs2)cc1)C1CCN(Cc2ccc(Cl)cc2)CC1. The van der Waals surface area contributed by atoms with Crippen molar-refractivity contribution in [3.8, 4) is 0 Å². The summed E-state index contributed by atoms with van der Waals surface area (Å²) in [4.78, 5) is 19.1. The van der Waals surface area contributed by atoms with Crippen molar-refractivity contribution in [2.24, 2.45) is 5.92 Å². The number of nitrogens with zero attached hydrogens (tertiary/aromatic N) is 2. The molecule has 0 atom stereocenters. The van der Waals surface area contributed by atoms with Crippen LogP contribution in [0.1, 0.15) is 18.4 Å². The lowest BCUT2D eigenvalue weighted by atomic mass is 9.95. The van der Waals surface area contributed by atoms with E-state index in [1.54, 1.807) is 17.5 Å². The van der Waals surface area contributed by atoms with Gasteiger partial charge >= 0.3 is 0 Å². The van der Waals surface area contributed by atoms with E-state index in [-0.39, 0.29) is 16.7 Å². The van der Waals surface area contributed by atoms with E-state index < -0.39 is 10.0 Å². The van der Waals surface area contributed by atoms with E-state index in [2.05, 4.69) is 19.9 Å². The zero-order valence-electron chi connectivity index (χ0n) is 17.2. The summed E-state index contributed by atoms with van der Waals surface area (Å²) < 4.78 is 27.3. The summed E-state index contributed by atoms with van der Waals surface area (Å²) in [5, 5.41) is 5.64. The number of nitrogens with one attached hydrogen (secondary N) is 2. The van der Waals surface area contributed by atoms with Crippen LogP contribution in [0.25, 0.3) is 0 Å². The number of benzene rings is 2. The third kappa shape index (κ3) is 5.86. The Bertz CT molecular complexity index is 1140. The number of hydrogen-bond acceptors (Lipinski definition) is 6. The average molecular weight is 491 g/mol. The van der Waals surface area contributed by atoms with Crippen molar-refractivity contribution in [1.29, 1.82) is 0 Å². The van der Waals surface area contributed by atoms with Gasteiger partial charge < -0.3 is 5.32 Å². The molecule has 1 aliphatic heterocycles. The molecule has 10 heteroatoms. The number of thiazole rings is 1. The van der Waals surface area contributed by atoms with E-state index in [1.165, 1.54) is 35.2 Å². The Balaban J connectivity index is 1.28. The highest BCUT2D eigenvalue weighted by Crippen LogP contribution is 2.23. The molecule has 0 spiro atoms. The van der Waals surface area contributed by atoms with Gasteiger partial charge in [0.15, 0.2) is 5.13 Å². The highest BCUT2D eigenvalue weighted by atomic mass is 35.5. The lowest BCUT2D eigenvalue weighted by Crippen LogP contribution is -2.37. The smallest absolute Gasteiger partial charge is 0.263 e. The molecule has 1 fully saturated rings. The highest BCUT2D eigenvalue weighted by molar-refractivity contribution is 7.93. The van der Waals surface area contributed by atoms with Crippen LogP contribution in [0, 0.1) is 5.92 Å². The van der Waals surface area contributed by atoms with Crippen LogP contribution in [0.5, 0.6) is 0 Å². The van der Waals surface area contributed by atoms with Crippen molar-refractivity contribution < 1.29 is 13.2 Å². The summed E-state index contributed by atoms with van der Waals surface area (Å²) in [7, 11) is -3.71. The number of amides is 1. The number of anilines is 2. The molecule has 3 aromatic rings. The monoisotopic (exact) mass is 490 g/mol. The van der Waals surface area contributed by atoms with Gasteiger partial charge in [0.25, 0.3) is 10.0 Å². The lowest BCUT2D eigenvalue weighted by Gasteiger charge is -2.31. The normalized spacial score (nSPS) is 15.4. The molecule has 4 rings (SSSR count). The molecule has 7 nitrogen and oxygen atoms in total. The lowest BCUT2D eigenvalue weighted by molar-refractivity contribution is -0.121. The summed E-state index contributed by atoms with van der Waals surface area (Å²) in [6, 6.07) is 14.0. The fourth-order valence-corrected chi connectivity index (χ4v) is 5.53. The third-order valence-corrected chi connectivity index (χ3v) is 7.79. The first-order valence-corrected chi connectivity index (χ1v) is 12.9. The van der Waals surface area contributed by atoms with Crippen LogP contribution >= 0.6 is 22.9 Å². The minimum absolute atomic E-state index is 0.0346. The van der Waals surface area contributed by atoms with Gasteiger partial charge in [0.1, 0.15) is 0 Å². The fourth-order valence-electron chi connectivity index (χ4n) is 3.61. The topological polar surface area (TPSA) is 91.4 Å². The molecule has 1 aliphatic rings. The van der Waals surface area contributed by atoms with Gasteiger partial charge in [-0.05, 0) is 67.9 Å². The number of likely N-dealkylation sites (tertiary alicyclic amines) is 1. The van der Waals surface area contributed by atoms with E-state index in [9.17, 15) is 13.2 Å². The Morgan fingerprint density at radius 1 is 1.09 bits per heavy atom. The van der Waals surface area contributed by atoms with Crippen LogP contribution < -0.4 is 10.0 Å². The van der Waals surface area contributed by atoms with Gasteiger partial charge in [-0.3, -0.25) is 14.4 Å². The van der Waals surface area contributed by atoms with E-state index in [0.29, 0.717) is 10.8 Å². The molecule has 2 aromatic carbocycles. The maximum absolute atomic E-state index is 12.7. The molecule has 0 radical (unpaired) electrons. The molecular formula is C22H23ClN4O3S2. The fraction of sp³-hybridized carbons (Fsp3) is 0.273. The molecule has 1 saturated heterocycles. The number of halogens is 1. The molecule has 0 unspecified atom stereocenters. The second-order valence-electron chi connectivity index (χ2n) is 7.63. The number of carbonyl (C=O) groups excluding carboxylic acids is 1. The van der Waals surface area contributed by atoms with Gasteiger partial charge in [-0.25, -0.2) is 13.4 Å². The van der Waals surface area contributed by atoms with Crippen molar-refractivity contribution in [3.05, 3.63) is 70.7 Å². The van der Waals surface area contributed by atoms with Crippen LogP contribution in [0.2, 0.25) is 5.02 Å². The van der Waals surface area contributed by atoms with Gasteiger partial charge in [-0.15, -0.1) is 11.3 Å². The number of sulfonamides is 1. The molecule has 32 heavy (non-hydrogen) atoms. The molecule has 2 heterocycles. The summed E-state index contributed by atoms with van der Waals surface area (Å²) in [5.41, 5.74) is 1.78. The van der Waals surface area contributed by atoms with Gasteiger partial charge in [-0.1, -0.05) is 23.7 Å². The van der Waals surface area contributed by atoms with E-state index in [0.717, 1.165) is 37.5 Å². The summed E-state index contributed by atoms with van der Waals surface area (Å²) >= 11 is 7.15. The molecule has 0 aliphatic carbocycles. The maximum Gasteiger partial charge on any atom is 0.263 e. The number of carbonyl (C=O) groups is 1. The molecule has 0 saturated carbocycles. The summed E-state index contributed by atoms with van der Waals surface area (Å²) in [6.45, 7) is 2.54. The van der Waals surface area contributed by atoms with Gasteiger partial charge in [0.05, 0.1) is 4.90 Å². The Morgan fingerprint density at radius 2 is 1.78 bits per heavy atom. The van der Waals surface area contributed by atoms with Gasteiger partial charge in [0, 0.05) is 34.7 Å². The van der Waals surface area contributed by atoms with Crippen LogP contribution in [-0.4, -0.2) is 37.3 Å². The van der Waals surface area contributed by atoms with Gasteiger partial charge in [-0.2, -0.15) is 0 Å². The van der Waals surface area contributed by atoms with Crippen molar-refractivity contribution in [2.45, 2.75) is 24.3 Å². The van der Waals surface area contributed by atoms with Crippen LogP contribution in [0.15, 0.2) is 65.0 Å². The average Bonchev–Trinajstić information content (AvgIpc) is 3.28. The van der Waals surface area contributed by atoms with Crippen molar-refractivity contribution in [1.82, 2.24) is 9.88 Å². The maximum atomic E-state index is 12.7. The second kappa shape index (κ2) is 9.99. The number of aromatic nitrogens is 1. The number of rotatable bonds is 7. The van der Waals surface area contributed by atoms with Crippen LogP contribution in [-0.2, 0) is 21.4 Å². The van der Waals surface area contributed by atoms with Gasteiger partial charge in [0.2, 0.25) is 5.91 Å². The molecule has 1 aromatic heterocycles. The first-order chi connectivity index (χ1) is 15.4.